The molecule has 0 saturated carbocycles. The average molecular weight is 296 g/mol. The van der Waals surface area contributed by atoms with Gasteiger partial charge in [0.15, 0.2) is 0 Å². The maximum Gasteiger partial charge on any atom is 0.317 e. The number of hydrogen-bond acceptors (Lipinski definition) is 5. The number of carboxylic acid groups (broad SMARTS) is 1. The molecule has 116 valence electrons. The Morgan fingerprint density at radius 3 is 2.52 bits per heavy atom. The van der Waals surface area contributed by atoms with Gasteiger partial charge in [0.1, 0.15) is 5.75 Å². The van der Waals surface area contributed by atoms with Gasteiger partial charge in [0.25, 0.3) is 5.69 Å². The molecular weight excluding hydrogens is 276 g/mol. The molecule has 0 saturated heterocycles. The smallest absolute Gasteiger partial charge is 0.317 e. The van der Waals surface area contributed by atoms with Crippen molar-refractivity contribution in [2.24, 2.45) is 0 Å². The molecule has 7 heteroatoms. The van der Waals surface area contributed by atoms with E-state index in [1.165, 1.54) is 12.1 Å². The van der Waals surface area contributed by atoms with E-state index in [0.29, 0.717) is 25.3 Å². The van der Waals surface area contributed by atoms with Crippen molar-refractivity contribution in [2.45, 2.75) is 19.8 Å². The van der Waals surface area contributed by atoms with Crippen molar-refractivity contribution >= 4 is 11.7 Å². The molecule has 0 aliphatic heterocycles. The third-order valence-corrected chi connectivity index (χ3v) is 2.83. The van der Waals surface area contributed by atoms with Crippen LogP contribution < -0.4 is 4.74 Å². The second kappa shape index (κ2) is 8.91. The van der Waals surface area contributed by atoms with Gasteiger partial charge in [-0.05, 0) is 31.5 Å². The highest BCUT2D eigenvalue weighted by molar-refractivity contribution is 5.69. The van der Waals surface area contributed by atoms with E-state index in [1.807, 2.05) is 11.8 Å². The zero-order valence-corrected chi connectivity index (χ0v) is 12.0. The maximum atomic E-state index is 10.7. The number of non-ortho nitro benzene ring substituents is 1. The summed E-state index contributed by atoms with van der Waals surface area (Å²) in [5, 5.41) is 19.3. The lowest BCUT2D eigenvalue weighted by atomic mass is 10.3. The average Bonchev–Trinajstić information content (AvgIpc) is 2.43. The molecule has 0 aliphatic carbocycles. The van der Waals surface area contributed by atoms with E-state index in [1.54, 1.807) is 12.1 Å². The summed E-state index contributed by atoms with van der Waals surface area (Å²) in [5.41, 5.74) is 0.0259. The van der Waals surface area contributed by atoms with Crippen LogP contribution in [0.15, 0.2) is 24.3 Å². The second-order valence-corrected chi connectivity index (χ2v) is 4.62. The van der Waals surface area contributed by atoms with Crippen molar-refractivity contribution in [2.75, 3.05) is 26.2 Å². The number of ether oxygens (including phenoxy) is 1. The molecule has 0 fully saturated rings. The molecule has 0 unspecified atom stereocenters. The van der Waals surface area contributed by atoms with Gasteiger partial charge in [-0.2, -0.15) is 0 Å². The highest BCUT2D eigenvalue weighted by Crippen LogP contribution is 2.17. The second-order valence-electron chi connectivity index (χ2n) is 4.62. The minimum atomic E-state index is -0.834. The van der Waals surface area contributed by atoms with Crippen LogP contribution in [-0.2, 0) is 4.79 Å². The lowest BCUT2D eigenvalue weighted by Crippen LogP contribution is -2.32. The minimum Gasteiger partial charge on any atom is -0.494 e. The maximum absolute atomic E-state index is 10.7. The Morgan fingerprint density at radius 2 is 2.00 bits per heavy atom. The van der Waals surface area contributed by atoms with Crippen LogP contribution in [0.5, 0.6) is 5.75 Å². The van der Waals surface area contributed by atoms with Gasteiger partial charge in [-0.3, -0.25) is 19.8 Å². The predicted molar refractivity (Wildman–Crippen MR) is 77.6 cm³/mol. The molecule has 0 amide bonds. The van der Waals surface area contributed by atoms with E-state index >= 15 is 0 Å². The summed E-state index contributed by atoms with van der Waals surface area (Å²) in [6.45, 7) is 3.86. The number of carbonyl (C=O) groups is 1. The monoisotopic (exact) mass is 296 g/mol. The third-order valence-electron chi connectivity index (χ3n) is 2.83. The van der Waals surface area contributed by atoms with Crippen LogP contribution in [0.25, 0.3) is 0 Å². The van der Waals surface area contributed by atoms with Crippen LogP contribution in [0.2, 0.25) is 0 Å². The van der Waals surface area contributed by atoms with E-state index in [2.05, 4.69) is 0 Å². The van der Waals surface area contributed by atoms with Crippen molar-refractivity contribution in [1.82, 2.24) is 4.90 Å². The van der Waals surface area contributed by atoms with Gasteiger partial charge in [0.2, 0.25) is 0 Å². The topological polar surface area (TPSA) is 92.9 Å². The first-order valence-corrected chi connectivity index (χ1v) is 6.84. The first-order valence-electron chi connectivity index (χ1n) is 6.84. The van der Waals surface area contributed by atoms with Crippen LogP contribution in [0.4, 0.5) is 5.69 Å². The van der Waals surface area contributed by atoms with E-state index in [0.717, 1.165) is 13.0 Å². The molecular formula is C14H20N2O5. The summed E-state index contributed by atoms with van der Waals surface area (Å²) in [6, 6.07) is 5.89. The summed E-state index contributed by atoms with van der Waals surface area (Å²) in [4.78, 5) is 22.6. The predicted octanol–water partition coefficient (Wildman–Crippen LogP) is 2.16. The minimum absolute atomic E-state index is 0.0259. The van der Waals surface area contributed by atoms with Gasteiger partial charge in [-0.25, -0.2) is 0 Å². The van der Waals surface area contributed by atoms with E-state index in [-0.39, 0.29) is 12.2 Å². The van der Waals surface area contributed by atoms with Gasteiger partial charge in [-0.1, -0.05) is 6.92 Å². The highest BCUT2D eigenvalue weighted by atomic mass is 16.6. The fraction of sp³-hybridized carbons (Fsp3) is 0.500. The molecule has 1 N–H and O–H groups in total. The summed E-state index contributed by atoms with van der Waals surface area (Å²) in [5.74, 6) is -0.263. The fourth-order valence-electron chi connectivity index (χ4n) is 1.92. The van der Waals surface area contributed by atoms with Crippen molar-refractivity contribution < 1.29 is 19.6 Å². The molecule has 1 rings (SSSR count). The zero-order valence-electron chi connectivity index (χ0n) is 12.0. The van der Waals surface area contributed by atoms with E-state index in [4.69, 9.17) is 9.84 Å². The molecule has 0 aliphatic rings. The van der Waals surface area contributed by atoms with Gasteiger partial charge in [0.05, 0.1) is 18.1 Å². The number of hydrogen-bond donors (Lipinski definition) is 1. The van der Waals surface area contributed by atoms with Crippen LogP contribution in [0.3, 0.4) is 0 Å². The van der Waals surface area contributed by atoms with E-state index in [9.17, 15) is 14.9 Å². The highest BCUT2D eigenvalue weighted by Gasteiger charge is 2.08. The molecule has 1 aromatic rings. The molecule has 0 bridgehead atoms. The Balaban J connectivity index is 2.31. The molecule has 1 aromatic carbocycles. The normalized spacial score (nSPS) is 10.6. The molecule has 0 aromatic heterocycles. The fourth-order valence-corrected chi connectivity index (χ4v) is 1.92. The number of benzene rings is 1. The Morgan fingerprint density at radius 1 is 1.33 bits per heavy atom. The number of aliphatic carboxylic acids is 1. The SMILES string of the molecule is CCCN(CCCOc1ccc([N+](=O)[O-])cc1)CC(=O)O. The van der Waals surface area contributed by atoms with E-state index < -0.39 is 10.9 Å². The van der Waals surface area contributed by atoms with Gasteiger partial charge >= 0.3 is 5.97 Å². The Bertz CT molecular complexity index is 461. The van der Waals surface area contributed by atoms with Crippen molar-refractivity contribution in [3.05, 3.63) is 34.4 Å². The Hall–Kier alpha value is -2.15. The summed E-state index contributed by atoms with van der Waals surface area (Å²) in [7, 11) is 0. The van der Waals surface area contributed by atoms with Gasteiger partial charge in [0, 0.05) is 18.7 Å². The molecule has 0 spiro atoms. The number of nitrogens with zero attached hydrogens (tertiary/aromatic N) is 2. The quantitative estimate of drug-likeness (QED) is 0.404. The number of nitro groups is 1. The molecule has 0 atom stereocenters. The lowest BCUT2D eigenvalue weighted by Gasteiger charge is -2.19. The number of rotatable bonds is 10. The van der Waals surface area contributed by atoms with Crippen molar-refractivity contribution in [3.8, 4) is 5.75 Å². The molecule has 0 radical (unpaired) electrons. The van der Waals surface area contributed by atoms with Crippen molar-refractivity contribution in [3.63, 3.8) is 0 Å². The zero-order chi connectivity index (χ0) is 15.7. The summed E-state index contributed by atoms with van der Waals surface area (Å²) < 4.78 is 5.48. The first-order chi connectivity index (χ1) is 10.0. The number of carboxylic acids is 1. The lowest BCUT2D eigenvalue weighted by molar-refractivity contribution is -0.384. The third kappa shape index (κ3) is 6.71. The Labute approximate surface area is 123 Å². The van der Waals surface area contributed by atoms with Crippen molar-refractivity contribution in [1.29, 1.82) is 0 Å². The largest absolute Gasteiger partial charge is 0.494 e. The number of nitro benzene ring substituents is 1. The van der Waals surface area contributed by atoms with Gasteiger partial charge in [-0.15, -0.1) is 0 Å². The van der Waals surface area contributed by atoms with Crippen LogP contribution in [0.1, 0.15) is 19.8 Å². The molecule has 0 heterocycles. The Kier molecular flexibility index (Phi) is 7.17. The summed E-state index contributed by atoms with van der Waals surface area (Å²) >= 11 is 0. The standard InChI is InChI=1S/C14H20N2O5/c1-2-8-15(11-14(17)18)9-3-10-21-13-6-4-12(5-7-13)16(19)20/h4-7H,2-3,8-11H2,1H3,(H,17,18). The van der Waals surface area contributed by atoms with Crippen LogP contribution >= 0.6 is 0 Å². The van der Waals surface area contributed by atoms with Gasteiger partial charge < -0.3 is 9.84 Å². The van der Waals surface area contributed by atoms with Crippen LogP contribution in [-0.4, -0.2) is 47.1 Å². The first kappa shape index (κ1) is 16.9. The summed E-state index contributed by atoms with van der Waals surface area (Å²) in [6.07, 6.45) is 1.60. The molecule has 21 heavy (non-hydrogen) atoms. The van der Waals surface area contributed by atoms with Crippen LogP contribution in [0, 0.1) is 10.1 Å². The molecule has 7 nitrogen and oxygen atoms in total.